The van der Waals surface area contributed by atoms with Crippen LogP contribution in [-0.4, -0.2) is 9.81 Å². The van der Waals surface area contributed by atoms with Crippen LogP contribution >= 0.6 is 27.3 Å². The first-order valence-corrected chi connectivity index (χ1v) is 6.11. The monoisotopic (exact) mass is 253 g/mol. The van der Waals surface area contributed by atoms with Gasteiger partial charge in [0.1, 0.15) is 0 Å². The van der Waals surface area contributed by atoms with Gasteiger partial charge in [0.15, 0.2) is 0 Å². The van der Waals surface area contributed by atoms with Crippen LogP contribution in [0.1, 0.15) is 17.9 Å². The Morgan fingerprint density at radius 1 is 1.54 bits per heavy atom. The lowest BCUT2D eigenvalue weighted by molar-refractivity contribution is 1.12. The summed E-state index contributed by atoms with van der Waals surface area (Å²) in [6.07, 6.45) is 3.28. The zero-order valence-corrected chi connectivity index (χ0v) is 9.31. The summed E-state index contributed by atoms with van der Waals surface area (Å²) in [6.45, 7) is 0. The van der Waals surface area contributed by atoms with E-state index in [-0.39, 0.29) is 0 Å². The van der Waals surface area contributed by atoms with Crippen molar-refractivity contribution in [3.63, 3.8) is 0 Å². The summed E-state index contributed by atoms with van der Waals surface area (Å²) in [5, 5.41) is 2.10. The lowest BCUT2D eigenvalue weighted by Crippen LogP contribution is -1.83. The molecule has 0 spiro atoms. The number of rotatable bonds is 1. The van der Waals surface area contributed by atoms with Crippen LogP contribution in [0.4, 0.5) is 0 Å². The summed E-state index contributed by atoms with van der Waals surface area (Å²) in [4.78, 5) is 5.11. The van der Waals surface area contributed by atoms with Gasteiger partial charge in [0, 0.05) is 11.0 Å². The maximum absolute atomic E-state index is 4.43. The molecule has 0 amide bonds. The number of aromatic nitrogens is 1. The molecule has 0 unspecified atom stereocenters. The van der Waals surface area contributed by atoms with E-state index < -0.39 is 0 Å². The molecule has 2 atom stereocenters. The maximum Gasteiger partial charge on any atom is 0.0809 e. The van der Waals surface area contributed by atoms with Crippen molar-refractivity contribution in [3.8, 4) is 0 Å². The van der Waals surface area contributed by atoms with E-state index in [2.05, 4.69) is 38.4 Å². The van der Waals surface area contributed by atoms with Gasteiger partial charge in [0.2, 0.25) is 0 Å². The highest BCUT2D eigenvalue weighted by Gasteiger charge is 2.36. The maximum atomic E-state index is 4.43. The Kier molecular flexibility index (Phi) is 1.70. The Labute approximate surface area is 88.9 Å². The van der Waals surface area contributed by atoms with Gasteiger partial charge in [-0.2, -0.15) is 0 Å². The lowest BCUT2D eigenvalue weighted by Gasteiger charge is -1.96. The number of pyridine rings is 1. The highest BCUT2D eigenvalue weighted by atomic mass is 79.9. The van der Waals surface area contributed by atoms with Crippen LogP contribution in [0.15, 0.2) is 23.7 Å². The lowest BCUT2D eigenvalue weighted by atomic mass is 10.2. The van der Waals surface area contributed by atoms with Crippen LogP contribution in [0.2, 0.25) is 0 Å². The Balaban J connectivity index is 2.10. The average Bonchev–Trinajstić information content (AvgIpc) is 2.70. The molecule has 2 heterocycles. The predicted molar refractivity (Wildman–Crippen MR) is 59.7 cm³/mol. The molecule has 0 aliphatic heterocycles. The van der Waals surface area contributed by atoms with Gasteiger partial charge in [0.25, 0.3) is 0 Å². The number of hydrogen-bond donors (Lipinski definition) is 0. The Bertz CT molecular complexity index is 451. The van der Waals surface area contributed by atoms with Gasteiger partial charge < -0.3 is 0 Å². The minimum atomic E-state index is 0.687. The number of thiophene rings is 1. The van der Waals surface area contributed by atoms with E-state index in [0.29, 0.717) is 10.7 Å². The molecule has 13 heavy (non-hydrogen) atoms. The first kappa shape index (κ1) is 7.94. The van der Waals surface area contributed by atoms with Crippen molar-refractivity contribution in [3.05, 3.63) is 29.3 Å². The number of alkyl halides is 1. The molecule has 0 radical (unpaired) electrons. The summed E-state index contributed by atoms with van der Waals surface area (Å²) >= 11 is 5.39. The first-order valence-electron chi connectivity index (χ1n) is 4.32. The van der Waals surface area contributed by atoms with E-state index in [1.807, 2.05) is 6.20 Å². The molecule has 0 N–H and O–H groups in total. The highest BCUT2D eigenvalue weighted by molar-refractivity contribution is 9.09. The molecule has 0 bridgehead atoms. The van der Waals surface area contributed by atoms with Crippen molar-refractivity contribution < 1.29 is 0 Å². The van der Waals surface area contributed by atoms with Crippen LogP contribution in [0.25, 0.3) is 10.2 Å². The van der Waals surface area contributed by atoms with E-state index in [1.165, 1.54) is 16.7 Å². The third-order valence-electron chi connectivity index (χ3n) is 2.46. The molecule has 2 aromatic heterocycles. The van der Waals surface area contributed by atoms with Crippen LogP contribution in [-0.2, 0) is 0 Å². The summed E-state index contributed by atoms with van der Waals surface area (Å²) in [6, 6.07) is 4.35. The summed E-state index contributed by atoms with van der Waals surface area (Å²) < 4.78 is 1.31. The molecule has 1 aliphatic carbocycles. The Morgan fingerprint density at radius 3 is 3.15 bits per heavy atom. The first-order chi connectivity index (χ1) is 6.34. The fourth-order valence-electron chi connectivity index (χ4n) is 1.57. The minimum Gasteiger partial charge on any atom is -0.255 e. The topological polar surface area (TPSA) is 12.9 Å². The van der Waals surface area contributed by atoms with E-state index in [0.717, 1.165) is 5.52 Å². The molecule has 1 aliphatic rings. The van der Waals surface area contributed by atoms with Crippen molar-refractivity contribution in [1.82, 2.24) is 4.98 Å². The summed E-state index contributed by atoms with van der Waals surface area (Å²) in [7, 11) is 0. The third kappa shape index (κ3) is 1.30. The van der Waals surface area contributed by atoms with Crippen molar-refractivity contribution >= 4 is 37.5 Å². The number of nitrogens with zero attached hydrogens (tertiary/aromatic N) is 1. The highest BCUT2D eigenvalue weighted by Crippen LogP contribution is 2.46. The average molecular weight is 254 g/mol. The molecular formula is C10H8BrNS. The standard InChI is InChI=1S/C10H8BrNS/c11-8-4-7(8)6-3-10-9(12-5-6)1-2-13-10/h1-3,5,7-8H,4H2/t7-,8+/m0/s1. The molecular weight excluding hydrogens is 246 g/mol. The number of halogens is 1. The third-order valence-corrected chi connectivity index (χ3v) is 4.33. The number of fused-ring (bicyclic) bond motifs is 1. The van der Waals surface area contributed by atoms with Crippen molar-refractivity contribution in [2.24, 2.45) is 0 Å². The SMILES string of the molecule is Br[C@@H]1C[C@H]1c1cnc2ccsc2c1. The zero-order valence-electron chi connectivity index (χ0n) is 6.90. The van der Waals surface area contributed by atoms with E-state index in [9.17, 15) is 0 Å². The zero-order chi connectivity index (χ0) is 8.84. The molecule has 0 saturated heterocycles. The second-order valence-corrected chi connectivity index (χ2v) is 5.55. The largest absolute Gasteiger partial charge is 0.255 e. The van der Waals surface area contributed by atoms with Crippen LogP contribution in [0, 0.1) is 0 Å². The molecule has 0 aromatic carbocycles. The van der Waals surface area contributed by atoms with E-state index >= 15 is 0 Å². The fraction of sp³-hybridized carbons (Fsp3) is 0.300. The molecule has 1 saturated carbocycles. The number of hydrogen-bond acceptors (Lipinski definition) is 2. The van der Waals surface area contributed by atoms with Crippen molar-refractivity contribution in [2.75, 3.05) is 0 Å². The Morgan fingerprint density at radius 2 is 2.38 bits per heavy atom. The van der Waals surface area contributed by atoms with Gasteiger partial charge in [0.05, 0.1) is 10.2 Å². The summed E-state index contributed by atoms with van der Waals surface area (Å²) in [5.74, 6) is 0.707. The quantitative estimate of drug-likeness (QED) is 0.709. The predicted octanol–water partition coefficient (Wildman–Crippen LogP) is 3.55. The van der Waals surface area contributed by atoms with Gasteiger partial charge in [-0.05, 0) is 35.4 Å². The molecule has 1 nitrogen and oxygen atoms in total. The second-order valence-electron chi connectivity index (χ2n) is 3.43. The summed E-state index contributed by atoms with van der Waals surface area (Å²) in [5.41, 5.74) is 2.51. The van der Waals surface area contributed by atoms with Crippen LogP contribution < -0.4 is 0 Å². The van der Waals surface area contributed by atoms with Gasteiger partial charge in [-0.1, -0.05) is 15.9 Å². The molecule has 2 aromatic rings. The molecule has 66 valence electrons. The van der Waals surface area contributed by atoms with Crippen LogP contribution in [0.5, 0.6) is 0 Å². The fourth-order valence-corrected chi connectivity index (χ4v) is 3.07. The smallest absolute Gasteiger partial charge is 0.0809 e. The van der Waals surface area contributed by atoms with E-state index in [1.54, 1.807) is 11.3 Å². The van der Waals surface area contributed by atoms with Crippen molar-refractivity contribution in [2.45, 2.75) is 17.2 Å². The molecule has 3 rings (SSSR count). The molecule has 3 heteroatoms. The van der Waals surface area contributed by atoms with Gasteiger partial charge in [-0.3, -0.25) is 4.98 Å². The van der Waals surface area contributed by atoms with E-state index in [4.69, 9.17) is 0 Å². The van der Waals surface area contributed by atoms with Crippen LogP contribution in [0.3, 0.4) is 0 Å². The molecule has 1 fully saturated rings. The van der Waals surface area contributed by atoms with Gasteiger partial charge in [-0.15, -0.1) is 11.3 Å². The van der Waals surface area contributed by atoms with Gasteiger partial charge >= 0.3 is 0 Å². The Hall–Kier alpha value is -0.410. The normalized spacial score (nSPS) is 26.5. The van der Waals surface area contributed by atoms with Crippen molar-refractivity contribution in [1.29, 1.82) is 0 Å². The minimum absolute atomic E-state index is 0.687. The second kappa shape index (κ2) is 2.79. The van der Waals surface area contributed by atoms with Gasteiger partial charge in [-0.25, -0.2) is 0 Å².